The molecule has 1 atom stereocenters. The number of nitrogens with zero attached hydrogens (tertiary/aromatic N) is 1. The molecule has 3 nitrogen and oxygen atoms in total. The summed E-state index contributed by atoms with van der Waals surface area (Å²) in [4.78, 5) is 13.1. The average molecular weight is 220 g/mol. The van der Waals surface area contributed by atoms with Crippen LogP contribution < -0.4 is 5.32 Å². The van der Waals surface area contributed by atoms with Gasteiger partial charge < -0.3 is 10.2 Å². The molecule has 0 aliphatic carbocycles. The number of hydrogen-bond donors (Lipinski definition) is 1. The zero-order valence-electron chi connectivity index (χ0n) is 10.4. The quantitative estimate of drug-likeness (QED) is 0.844. The molecule has 0 bridgehead atoms. The summed E-state index contributed by atoms with van der Waals surface area (Å²) in [6, 6.07) is 8.32. The van der Waals surface area contributed by atoms with Crippen LogP contribution in [0.1, 0.15) is 18.9 Å². The van der Waals surface area contributed by atoms with Crippen molar-refractivity contribution in [1.29, 1.82) is 0 Å². The lowest BCUT2D eigenvalue weighted by molar-refractivity contribution is -0.128. The van der Waals surface area contributed by atoms with E-state index in [0.29, 0.717) is 6.42 Å². The minimum atomic E-state index is 0.146. The Morgan fingerprint density at radius 1 is 1.44 bits per heavy atom. The van der Waals surface area contributed by atoms with E-state index in [9.17, 15) is 4.79 Å². The van der Waals surface area contributed by atoms with Crippen LogP contribution >= 0.6 is 0 Å². The average Bonchev–Trinajstić information content (AvgIpc) is 2.16. The van der Waals surface area contributed by atoms with Crippen molar-refractivity contribution in [3.05, 3.63) is 29.8 Å². The Balaban J connectivity index is 2.51. The number of carbonyl (C=O) groups excluding carboxylic acids is 1. The first-order chi connectivity index (χ1) is 7.49. The molecule has 1 amide bonds. The SMILES string of the molecule is Cc1cccc(NC(C)CC(=O)N(C)C)c1. The predicted molar refractivity (Wildman–Crippen MR) is 67.6 cm³/mol. The lowest BCUT2D eigenvalue weighted by Crippen LogP contribution is -2.28. The zero-order chi connectivity index (χ0) is 12.1. The summed E-state index contributed by atoms with van der Waals surface area (Å²) in [5.74, 6) is 0.146. The summed E-state index contributed by atoms with van der Waals surface area (Å²) in [6.07, 6.45) is 0.515. The van der Waals surface area contributed by atoms with Crippen LogP contribution in [0.5, 0.6) is 0 Å². The van der Waals surface area contributed by atoms with Gasteiger partial charge in [-0.2, -0.15) is 0 Å². The third-order valence-electron chi connectivity index (χ3n) is 2.41. The number of nitrogens with one attached hydrogen (secondary N) is 1. The highest BCUT2D eigenvalue weighted by Gasteiger charge is 2.10. The van der Waals surface area contributed by atoms with Crippen LogP contribution in [0.15, 0.2) is 24.3 Å². The topological polar surface area (TPSA) is 32.3 Å². The molecule has 16 heavy (non-hydrogen) atoms. The van der Waals surface area contributed by atoms with Crippen molar-refractivity contribution in [2.24, 2.45) is 0 Å². The maximum absolute atomic E-state index is 11.5. The van der Waals surface area contributed by atoms with Crippen LogP contribution in [-0.2, 0) is 4.79 Å². The Bertz CT molecular complexity index is 361. The van der Waals surface area contributed by atoms with Gasteiger partial charge in [-0.25, -0.2) is 0 Å². The monoisotopic (exact) mass is 220 g/mol. The number of benzene rings is 1. The molecule has 0 heterocycles. The summed E-state index contributed by atoms with van der Waals surface area (Å²) in [6.45, 7) is 4.07. The molecule has 0 radical (unpaired) electrons. The molecule has 0 spiro atoms. The molecular formula is C13H20N2O. The van der Waals surface area contributed by atoms with Crippen molar-refractivity contribution in [2.45, 2.75) is 26.3 Å². The number of carbonyl (C=O) groups is 1. The highest BCUT2D eigenvalue weighted by atomic mass is 16.2. The molecule has 88 valence electrons. The number of anilines is 1. The molecule has 1 rings (SSSR count). The maximum atomic E-state index is 11.5. The Hall–Kier alpha value is -1.51. The molecule has 1 aromatic carbocycles. The summed E-state index contributed by atoms with van der Waals surface area (Å²) >= 11 is 0. The zero-order valence-corrected chi connectivity index (χ0v) is 10.4. The van der Waals surface area contributed by atoms with E-state index in [1.807, 2.05) is 19.1 Å². The molecule has 0 aromatic heterocycles. The van der Waals surface area contributed by atoms with Crippen molar-refractivity contribution < 1.29 is 4.79 Å². The maximum Gasteiger partial charge on any atom is 0.224 e. The fourth-order valence-corrected chi connectivity index (χ4v) is 1.51. The minimum absolute atomic E-state index is 0.146. The molecule has 1 N–H and O–H groups in total. The first-order valence-corrected chi connectivity index (χ1v) is 5.52. The lowest BCUT2D eigenvalue weighted by Gasteiger charge is -2.17. The van der Waals surface area contributed by atoms with E-state index in [4.69, 9.17) is 0 Å². The van der Waals surface area contributed by atoms with Crippen LogP contribution in [0.25, 0.3) is 0 Å². The van der Waals surface area contributed by atoms with Gasteiger partial charge in [-0.3, -0.25) is 4.79 Å². The fraction of sp³-hybridized carbons (Fsp3) is 0.462. The Kier molecular flexibility index (Phi) is 4.35. The van der Waals surface area contributed by atoms with Gasteiger partial charge in [0.05, 0.1) is 0 Å². The standard InChI is InChI=1S/C13H20N2O/c1-10-6-5-7-12(8-10)14-11(2)9-13(16)15(3)4/h5-8,11,14H,9H2,1-4H3. The van der Waals surface area contributed by atoms with E-state index in [0.717, 1.165) is 5.69 Å². The highest BCUT2D eigenvalue weighted by Crippen LogP contribution is 2.12. The first kappa shape index (κ1) is 12.6. The van der Waals surface area contributed by atoms with Crippen molar-refractivity contribution in [2.75, 3.05) is 19.4 Å². The van der Waals surface area contributed by atoms with Crippen molar-refractivity contribution in [3.8, 4) is 0 Å². The van der Waals surface area contributed by atoms with Crippen LogP contribution in [-0.4, -0.2) is 30.9 Å². The Labute approximate surface area is 97.5 Å². The molecule has 3 heteroatoms. The third-order valence-corrected chi connectivity index (χ3v) is 2.41. The van der Waals surface area contributed by atoms with Gasteiger partial charge in [0.1, 0.15) is 0 Å². The molecule has 1 aromatic rings. The van der Waals surface area contributed by atoms with Gasteiger partial charge in [0.2, 0.25) is 5.91 Å². The normalized spacial score (nSPS) is 12.0. The fourth-order valence-electron chi connectivity index (χ4n) is 1.51. The van der Waals surface area contributed by atoms with E-state index in [2.05, 4.69) is 24.4 Å². The molecule has 0 aliphatic heterocycles. The number of rotatable bonds is 4. The molecular weight excluding hydrogens is 200 g/mol. The summed E-state index contributed by atoms with van der Waals surface area (Å²) < 4.78 is 0. The van der Waals surface area contributed by atoms with E-state index >= 15 is 0 Å². The number of amides is 1. The van der Waals surface area contributed by atoms with E-state index < -0.39 is 0 Å². The largest absolute Gasteiger partial charge is 0.382 e. The van der Waals surface area contributed by atoms with Crippen molar-refractivity contribution in [1.82, 2.24) is 4.90 Å². The van der Waals surface area contributed by atoms with E-state index in [1.165, 1.54) is 5.56 Å². The third kappa shape index (κ3) is 3.93. The lowest BCUT2D eigenvalue weighted by atomic mass is 10.1. The van der Waals surface area contributed by atoms with Crippen molar-refractivity contribution in [3.63, 3.8) is 0 Å². The molecule has 0 saturated heterocycles. The Morgan fingerprint density at radius 2 is 2.12 bits per heavy atom. The molecule has 1 unspecified atom stereocenters. The van der Waals surface area contributed by atoms with Crippen LogP contribution in [0.3, 0.4) is 0 Å². The van der Waals surface area contributed by atoms with Crippen LogP contribution in [0, 0.1) is 6.92 Å². The highest BCUT2D eigenvalue weighted by molar-refractivity contribution is 5.76. The van der Waals surface area contributed by atoms with Crippen molar-refractivity contribution >= 4 is 11.6 Å². The predicted octanol–water partition coefficient (Wildman–Crippen LogP) is 2.27. The number of hydrogen-bond acceptors (Lipinski definition) is 2. The van der Waals surface area contributed by atoms with Gasteiger partial charge in [-0.1, -0.05) is 12.1 Å². The smallest absolute Gasteiger partial charge is 0.224 e. The van der Waals surface area contributed by atoms with Gasteiger partial charge in [0.25, 0.3) is 0 Å². The summed E-state index contributed by atoms with van der Waals surface area (Å²) in [5, 5.41) is 3.32. The molecule has 0 saturated carbocycles. The van der Waals surface area contributed by atoms with Gasteiger partial charge >= 0.3 is 0 Å². The second kappa shape index (κ2) is 5.54. The summed E-state index contributed by atoms with van der Waals surface area (Å²) in [7, 11) is 3.56. The first-order valence-electron chi connectivity index (χ1n) is 5.52. The van der Waals surface area contributed by atoms with Gasteiger partial charge in [0.15, 0.2) is 0 Å². The van der Waals surface area contributed by atoms with Crippen LogP contribution in [0.2, 0.25) is 0 Å². The van der Waals surface area contributed by atoms with E-state index in [1.54, 1.807) is 19.0 Å². The molecule has 0 aliphatic rings. The summed E-state index contributed by atoms with van der Waals surface area (Å²) in [5.41, 5.74) is 2.29. The van der Waals surface area contributed by atoms with Gasteiger partial charge in [-0.05, 0) is 31.5 Å². The van der Waals surface area contributed by atoms with Gasteiger partial charge in [0, 0.05) is 32.2 Å². The Morgan fingerprint density at radius 3 is 2.69 bits per heavy atom. The minimum Gasteiger partial charge on any atom is -0.382 e. The second-order valence-corrected chi connectivity index (χ2v) is 4.41. The van der Waals surface area contributed by atoms with E-state index in [-0.39, 0.29) is 11.9 Å². The second-order valence-electron chi connectivity index (χ2n) is 4.41. The van der Waals surface area contributed by atoms with Gasteiger partial charge in [-0.15, -0.1) is 0 Å². The molecule has 0 fully saturated rings. The number of aryl methyl sites for hydroxylation is 1. The van der Waals surface area contributed by atoms with Crippen LogP contribution in [0.4, 0.5) is 5.69 Å².